The number of amides is 1. The molecule has 0 aliphatic carbocycles. The monoisotopic (exact) mass is 286 g/mol. The van der Waals surface area contributed by atoms with E-state index in [2.05, 4.69) is 17.6 Å². The van der Waals surface area contributed by atoms with Crippen LogP contribution in [0.25, 0.3) is 0 Å². The molecule has 1 amide bonds. The van der Waals surface area contributed by atoms with Crippen LogP contribution in [0.2, 0.25) is 0 Å². The standard InChI is InChI=1S/C17H22N2O2/c1-13(10-11-16-9-6-12-21-16)18-14(2)17(20)19-15-7-4-3-5-8-15/h3-9,12-14,18H,10-11H2,1-2H3,(H,19,20). The van der Waals surface area contributed by atoms with Gasteiger partial charge in [0.05, 0.1) is 12.3 Å². The van der Waals surface area contributed by atoms with E-state index in [1.807, 2.05) is 49.4 Å². The van der Waals surface area contributed by atoms with Gasteiger partial charge in [-0.05, 0) is 44.5 Å². The summed E-state index contributed by atoms with van der Waals surface area (Å²) in [5, 5.41) is 6.21. The van der Waals surface area contributed by atoms with Crippen molar-refractivity contribution in [3.05, 3.63) is 54.5 Å². The quantitative estimate of drug-likeness (QED) is 0.821. The van der Waals surface area contributed by atoms with E-state index in [1.165, 1.54) is 0 Å². The number of para-hydroxylation sites is 1. The molecule has 4 nitrogen and oxygen atoms in total. The lowest BCUT2D eigenvalue weighted by atomic mass is 10.1. The molecule has 0 spiro atoms. The van der Waals surface area contributed by atoms with E-state index in [-0.39, 0.29) is 18.0 Å². The van der Waals surface area contributed by atoms with Crippen LogP contribution in [0.4, 0.5) is 5.69 Å². The largest absolute Gasteiger partial charge is 0.469 e. The van der Waals surface area contributed by atoms with Gasteiger partial charge in [-0.2, -0.15) is 0 Å². The van der Waals surface area contributed by atoms with Gasteiger partial charge in [0.2, 0.25) is 5.91 Å². The lowest BCUT2D eigenvalue weighted by Gasteiger charge is -2.19. The van der Waals surface area contributed by atoms with Crippen LogP contribution < -0.4 is 10.6 Å². The summed E-state index contributed by atoms with van der Waals surface area (Å²) in [5.41, 5.74) is 0.819. The van der Waals surface area contributed by atoms with Crippen LogP contribution in [-0.2, 0) is 11.2 Å². The Morgan fingerprint density at radius 2 is 1.90 bits per heavy atom. The number of rotatable bonds is 7. The minimum Gasteiger partial charge on any atom is -0.469 e. The van der Waals surface area contributed by atoms with Crippen molar-refractivity contribution < 1.29 is 9.21 Å². The first kappa shape index (κ1) is 15.3. The number of anilines is 1. The summed E-state index contributed by atoms with van der Waals surface area (Å²) in [5.74, 6) is 0.955. The predicted molar refractivity (Wildman–Crippen MR) is 84.2 cm³/mol. The van der Waals surface area contributed by atoms with Crippen molar-refractivity contribution in [3.63, 3.8) is 0 Å². The fourth-order valence-electron chi connectivity index (χ4n) is 2.17. The normalized spacial score (nSPS) is 13.6. The van der Waals surface area contributed by atoms with Crippen molar-refractivity contribution in [1.29, 1.82) is 0 Å². The van der Waals surface area contributed by atoms with Crippen molar-refractivity contribution in [2.24, 2.45) is 0 Å². The zero-order valence-electron chi connectivity index (χ0n) is 12.5. The van der Waals surface area contributed by atoms with Crippen LogP contribution in [0, 0.1) is 0 Å². The molecule has 0 aliphatic heterocycles. The molecule has 112 valence electrons. The summed E-state index contributed by atoms with van der Waals surface area (Å²) in [4.78, 5) is 12.1. The van der Waals surface area contributed by atoms with E-state index in [0.717, 1.165) is 24.3 Å². The van der Waals surface area contributed by atoms with Crippen LogP contribution in [0.3, 0.4) is 0 Å². The predicted octanol–water partition coefficient (Wildman–Crippen LogP) is 3.22. The van der Waals surface area contributed by atoms with E-state index < -0.39 is 0 Å². The van der Waals surface area contributed by atoms with E-state index in [0.29, 0.717) is 0 Å². The third-order valence-electron chi connectivity index (χ3n) is 3.37. The van der Waals surface area contributed by atoms with Gasteiger partial charge in [0.15, 0.2) is 0 Å². The Bertz CT molecular complexity index is 537. The molecule has 2 aromatic rings. The molecule has 0 fully saturated rings. The highest BCUT2D eigenvalue weighted by molar-refractivity contribution is 5.94. The summed E-state index contributed by atoms with van der Waals surface area (Å²) >= 11 is 0. The molecular weight excluding hydrogens is 264 g/mol. The van der Waals surface area contributed by atoms with Crippen LogP contribution >= 0.6 is 0 Å². The molecule has 1 heterocycles. The third kappa shape index (κ3) is 5.08. The number of benzene rings is 1. The van der Waals surface area contributed by atoms with Crippen molar-refractivity contribution in [2.75, 3.05) is 5.32 Å². The van der Waals surface area contributed by atoms with Gasteiger partial charge in [-0.15, -0.1) is 0 Å². The highest BCUT2D eigenvalue weighted by Gasteiger charge is 2.15. The van der Waals surface area contributed by atoms with Crippen LogP contribution in [-0.4, -0.2) is 18.0 Å². The summed E-state index contributed by atoms with van der Waals surface area (Å²) in [7, 11) is 0. The average molecular weight is 286 g/mol. The number of hydrogen-bond donors (Lipinski definition) is 2. The second-order valence-corrected chi connectivity index (χ2v) is 5.26. The summed E-state index contributed by atoms with van der Waals surface area (Å²) in [6.07, 6.45) is 3.48. The van der Waals surface area contributed by atoms with Gasteiger partial charge in [-0.3, -0.25) is 4.79 Å². The minimum atomic E-state index is -0.239. The molecule has 0 bridgehead atoms. The number of carbonyl (C=O) groups excluding carboxylic acids is 1. The lowest BCUT2D eigenvalue weighted by Crippen LogP contribution is -2.42. The number of hydrogen-bond acceptors (Lipinski definition) is 3. The fraction of sp³-hybridized carbons (Fsp3) is 0.353. The first-order valence-corrected chi connectivity index (χ1v) is 7.29. The Morgan fingerprint density at radius 1 is 1.14 bits per heavy atom. The van der Waals surface area contributed by atoms with Gasteiger partial charge in [-0.1, -0.05) is 18.2 Å². The maximum atomic E-state index is 12.1. The molecule has 0 saturated heterocycles. The maximum Gasteiger partial charge on any atom is 0.241 e. The highest BCUT2D eigenvalue weighted by Crippen LogP contribution is 2.08. The zero-order valence-corrected chi connectivity index (χ0v) is 12.5. The number of aryl methyl sites for hydroxylation is 1. The Morgan fingerprint density at radius 3 is 2.57 bits per heavy atom. The summed E-state index contributed by atoms with van der Waals surface area (Å²) in [6, 6.07) is 13.4. The fourth-order valence-corrected chi connectivity index (χ4v) is 2.17. The first-order valence-electron chi connectivity index (χ1n) is 7.29. The Balaban J connectivity index is 1.74. The molecule has 2 N–H and O–H groups in total. The second kappa shape index (κ2) is 7.64. The average Bonchev–Trinajstić information content (AvgIpc) is 2.99. The van der Waals surface area contributed by atoms with E-state index in [9.17, 15) is 4.79 Å². The van der Waals surface area contributed by atoms with Crippen molar-refractivity contribution >= 4 is 11.6 Å². The molecule has 0 radical (unpaired) electrons. The molecule has 1 aromatic carbocycles. The van der Waals surface area contributed by atoms with Crippen molar-refractivity contribution in [2.45, 2.75) is 38.8 Å². The molecule has 0 saturated carbocycles. The van der Waals surface area contributed by atoms with Gasteiger partial charge in [-0.25, -0.2) is 0 Å². The molecule has 2 atom stereocenters. The van der Waals surface area contributed by atoms with Gasteiger partial charge < -0.3 is 15.1 Å². The van der Waals surface area contributed by atoms with Gasteiger partial charge in [0.25, 0.3) is 0 Å². The van der Waals surface area contributed by atoms with E-state index >= 15 is 0 Å². The van der Waals surface area contributed by atoms with Crippen LogP contribution in [0.5, 0.6) is 0 Å². The van der Waals surface area contributed by atoms with Gasteiger partial charge in [0, 0.05) is 18.2 Å². The SMILES string of the molecule is CC(CCc1ccco1)NC(C)C(=O)Nc1ccccc1. The number of carbonyl (C=O) groups is 1. The molecule has 1 aromatic heterocycles. The maximum absolute atomic E-state index is 12.1. The molecule has 0 aliphatic rings. The molecule has 4 heteroatoms. The van der Waals surface area contributed by atoms with Crippen molar-refractivity contribution in [3.8, 4) is 0 Å². The highest BCUT2D eigenvalue weighted by atomic mass is 16.3. The number of nitrogens with one attached hydrogen (secondary N) is 2. The van der Waals surface area contributed by atoms with E-state index in [1.54, 1.807) is 6.26 Å². The molecule has 21 heavy (non-hydrogen) atoms. The first-order chi connectivity index (χ1) is 10.1. The van der Waals surface area contributed by atoms with Crippen LogP contribution in [0.1, 0.15) is 26.0 Å². The van der Waals surface area contributed by atoms with Gasteiger partial charge >= 0.3 is 0 Å². The minimum absolute atomic E-state index is 0.0222. The Labute approximate surface area is 125 Å². The molecular formula is C17H22N2O2. The van der Waals surface area contributed by atoms with Crippen LogP contribution in [0.15, 0.2) is 53.1 Å². The summed E-state index contributed by atoms with van der Waals surface area (Å²) in [6.45, 7) is 3.96. The summed E-state index contributed by atoms with van der Waals surface area (Å²) < 4.78 is 5.31. The molecule has 2 rings (SSSR count). The topological polar surface area (TPSA) is 54.3 Å². The van der Waals surface area contributed by atoms with E-state index in [4.69, 9.17) is 4.42 Å². The van der Waals surface area contributed by atoms with Crippen molar-refractivity contribution in [1.82, 2.24) is 5.32 Å². The second-order valence-electron chi connectivity index (χ2n) is 5.26. The van der Waals surface area contributed by atoms with Gasteiger partial charge in [0.1, 0.15) is 5.76 Å². The molecule has 2 unspecified atom stereocenters. The Kier molecular flexibility index (Phi) is 5.58. The third-order valence-corrected chi connectivity index (χ3v) is 3.37. The smallest absolute Gasteiger partial charge is 0.241 e. The zero-order chi connectivity index (χ0) is 15.1. The Hall–Kier alpha value is -2.07. The number of furan rings is 1. The lowest BCUT2D eigenvalue weighted by molar-refractivity contribution is -0.117.